The van der Waals surface area contributed by atoms with Crippen molar-refractivity contribution in [3.63, 3.8) is 0 Å². The highest BCUT2D eigenvalue weighted by Gasteiger charge is 2.32. The molecular weight excluding hydrogens is 259 g/mol. The van der Waals surface area contributed by atoms with Gasteiger partial charge in [-0.1, -0.05) is 0 Å². The summed E-state index contributed by atoms with van der Waals surface area (Å²) < 4.78 is 43.7. The molecule has 2 aromatic rings. The van der Waals surface area contributed by atoms with Crippen molar-refractivity contribution in [1.29, 1.82) is 0 Å². The molecule has 0 saturated carbocycles. The predicted molar refractivity (Wildman–Crippen MR) is 63.7 cm³/mol. The van der Waals surface area contributed by atoms with Crippen molar-refractivity contribution in [2.45, 2.75) is 12.7 Å². The minimum atomic E-state index is -4.39. The Hall–Kier alpha value is -2.18. The molecule has 0 aliphatic heterocycles. The Kier molecular flexibility index (Phi) is 3.37. The van der Waals surface area contributed by atoms with Gasteiger partial charge in [0, 0.05) is 17.4 Å². The molecule has 0 aliphatic rings. The second-order valence-corrected chi connectivity index (χ2v) is 4.00. The number of hydrogen-bond donors (Lipinski definition) is 1. The number of nitrogen functional groups attached to an aromatic ring is 1. The molecule has 0 bridgehead atoms. The van der Waals surface area contributed by atoms with E-state index in [0.717, 1.165) is 12.4 Å². The largest absolute Gasteiger partial charge is 0.496 e. The van der Waals surface area contributed by atoms with E-state index in [4.69, 9.17) is 10.5 Å². The van der Waals surface area contributed by atoms with Crippen LogP contribution in [0.1, 0.15) is 11.1 Å². The molecule has 0 aliphatic carbocycles. The van der Waals surface area contributed by atoms with E-state index in [1.54, 1.807) is 18.2 Å². The van der Waals surface area contributed by atoms with Crippen molar-refractivity contribution in [2.24, 2.45) is 0 Å². The predicted octanol–water partition coefficient (Wildman–Crippen LogP) is 2.54. The molecule has 0 atom stereocenters. The minimum Gasteiger partial charge on any atom is -0.496 e. The number of nitrogens with two attached hydrogens (primary N) is 1. The van der Waals surface area contributed by atoms with Gasteiger partial charge < -0.3 is 10.5 Å². The van der Waals surface area contributed by atoms with Crippen LogP contribution in [0.25, 0.3) is 0 Å². The highest BCUT2D eigenvalue weighted by Crippen LogP contribution is 2.29. The SMILES string of the molecule is COc1ccc(N)cc1Cn1cc(C(F)(F)F)cn1. The molecule has 0 unspecified atom stereocenters. The molecule has 1 heterocycles. The van der Waals surface area contributed by atoms with E-state index < -0.39 is 11.7 Å². The second-order valence-electron chi connectivity index (χ2n) is 4.00. The van der Waals surface area contributed by atoms with Gasteiger partial charge in [-0.25, -0.2) is 0 Å². The maximum atomic E-state index is 12.5. The average Bonchev–Trinajstić information content (AvgIpc) is 2.77. The van der Waals surface area contributed by atoms with Crippen LogP contribution in [-0.2, 0) is 12.7 Å². The number of aromatic nitrogens is 2. The van der Waals surface area contributed by atoms with Crippen molar-refractivity contribution in [2.75, 3.05) is 12.8 Å². The van der Waals surface area contributed by atoms with Gasteiger partial charge in [-0.2, -0.15) is 18.3 Å². The summed E-state index contributed by atoms with van der Waals surface area (Å²) in [5, 5.41) is 3.68. The first-order valence-corrected chi connectivity index (χ1v) is 5.42. The van der Waals surface area contributed by atoms with Gasteiger partial charge in [0.1, 0.15) is 5.75 Å². The summed E-state index contributed by atoms with van der Waals surface area (Å²) in [5.74, 6) is 0.554. The van der Waals surface area contributed by atoms with Crippen LogP contribution < -0.4 is 10.5 Å². The monoisotopic (exact) mass is 271 g/mol. The summed E-state index contributed by atoms with van der Waals surface area (Å²) in [7, 11) is 1.49. The molecular formula is C12H12F3N3O. The number of hydrogen-bond acceptors (Lipinski definition) is 3. The number of methoxy groups -OCH3 is 1. The van der Waals surface area contributed by atoms with E-state index in [2.05, 4.69) is 5.10 Å². The van der Waals surface area contributed by atoms with Crippen molar-refractivity contribution < 1.29 is 17.9 Å². The molecule has 0 amide bonds. The molecule has 0 radical (unpaired) electrons. The van der Waals surface area contributed by atoms with Gasteiger partial charge in [0.05, 0.1) is 25.4 Å². The average molecular weight is 271 g/mol. The van der Waals surface area contributed by atoms with Gasteiger partial charge >= 0.3 is 6.18 Å². The van der Waals surface area contributed by atoms with Gasteiger partial charge in [0.15, 0.2) is 0 Å². The van der Waals surface area contributed by atoms with Crippen molar-refractivity contribution >= 4 is 5.69 Å². The molecule has 4 nitrogen and oxygen atoms in total. The fourth-order valence-corrected chi connectivity index (χ4v) is 1.69. The van der Waals surface area contributed by atoms with E-state index in [1.165, 1.54) is 11.8 Å². The highest BCUT2D eigenvalue weighted by atomic mass is 19.4. The Morgan fingerprint density at radius 3 is 2.68 bits per heavy atom. The highest BCUT2D eigenvalue weighted by molar-refractivity contribution is 5.47. The Morgan fingerprint density at radius 2 is 2.11 bits per heavy atom. The maximum absolute atomic E-state index is 12.5. The van der Waals surface area contributed by atoms with E-state index in [9.17, 15) is 13.2 Å². The zero-order chi connectivity index (χ0) is 14.0. The molecule has 19 heavy (non-hydrogen) atoms. The number of anilines is 1. The third-order valence-electron chi connectivity index (χ3n) is 2.60. The fourth-order valence-electron chi connectivity index (χ4n) is 1.69. The molecule has 0 fully saturated rings. The number of nitrogens with zero attached hydrogens (tertiary/aromatic N) is 2. The maximum Gasteiger partial charge on any atom is 0.419 e. The quantitative estimate of drug-likeness (QED) is 0.873. The molecule has 0 spiro atoms. The smallest absolute Gasteiger partial charge is 0.419 e. The van der Waals surface area contributed by atoms with Crippen molar-refractivity contribution in [3.05, 3.63) is 41.7 Å². The summed E-state index contributed by atoms with van der Waals surface area (Å²) in [6.07, 6.45) is -2.65. The Morgan fingerprint density at radius 1 is 1.37 bits per heavy atom. The zero-order valence-corrected chi connectivity index (χ0v) is 10.1. The lowest BCUT2D eigenvalue weighted by molar-refractivity contribution is -0.137. The minimum absolute atomic E-state index is 0.157. The number of alkyl halides is 3. The molecule has 2 rings (SSSR count). The third-order valence-corrected chi connectivity index (χ3v) is 2.60. The topological polar surface area (TPSA) is 53.1 Å². The van der Waals surface area contributed by atoms with Crippen LogP contribution in [-0.4, -0.2) is 16.9 Å². The van der Waals surface area contributed by atoms with Gasteiger partial charge in [-0.3, -0.25) is 4.68 Å². The van der Waals surface area contributed by atoms with Crippen LogP contribution in [0.4, 0.5) is 18.9 Å². The van der Waals surface area contributed by atoms with E-state index in [-0.39, 0.29) is 6.54 Å². The standard InChI is InChI=1S/C12H12F3N3O/c1-19-11-3-2-10(16)4-8(11)6-18-7-9(5-17-18)12(13,14)15/h2-5,7H,6,16H2,1H3. The molecule has 1 aromatic heterocycles. The summed E-state index contributed by atoms with van der Waals surface area (Å²) in [6.45, 7) is 0.157. The van der Waals surface area contributed by atoms with E-state index >= 15 is 0 Å². The van der Waals surface area contributed by atoms with Crippen LogP contribution in [0.2, 0.25) is 0 Å². The lowest BCUT2D eigenvalue weighted by Gasteiger charge is -2.09. The normalized spacial score (nSPS) is 11.6. The van der Waals surface area contributed by atoms with Gasteiger partial charge in [0.2, 0.25) is 0 Å². The summed E-state index contributed by atoms with van der Waals surface area (Å²) in [6, 6.07) is 4.97. The lowest BCUT2D eigenvalue weighted by Crippen LogP contribution is -2.05. The number of ether oxygens (including phenoxy) is 1. The first-order valence-electron chi connectivity index (χ1n) is 5.42. The van der Waals surface area contributed by atoms with Gasteiger partial charge in [0.25, 0.3) is 0 Å². The fraction of sp³-hybridized carbons (Fsp3) is 0.250. The number of halogens is 3. The van der Waals surface area contributed by atoms with Crippen molar-refractivity contribution in [3.8, 4) is 5.75 Å². The van der Waals surface area contributed by atoms with Crippen LogP contribution in [0.5, 0.6) is 5.75 Å². The van der Waals surface area contributed by atoms with E-state index in [0.29, 0.717) is 17.0 Å². The molecule has 0 saturated heterocycles. The van der Waals surface area contributed by atoms with Crippen molar-refractivity contribution in [1.82, 2.24) is 9.78 Å². The molecule has 1 aromatic carbocycles. The first kappa shape index (κ1) is 13.3. The Bertz CT molecular complexity index is 578. The van der Waals surface area contributed by atoms with Gasteiger partial charge in [-0.05, 0) is 18.2 Å². The molecule has 2 N–H and O–H groups in total. The van der Waals surface area contributed by atoms with Crippen LogP contribution in [0.3, 0.4) is 0 Å². The van der Waals surface area contributed by atoms with E-state index in [1.807, 2.05) is 0 Å². The summed E-state index contributed by atoms with van der Waals surface area (Å²) >= 11 is 0. The van der Waals surface area contributed by atoms with Crippen LogP contribution in [0, 0.1) is 0 Å². The Balaban J connectivity index is 2.26. The molecule has 7 heteroatoms. The second kappa shape index (κ2) is 4.83. The summed E-state index contributed by atoms with van der Waals surface area (Å²) in [5.41, 5.74) is 6.04. The lowest BCUT2D eigenvalue weighted by atomic mass is 10.2. The Labute approximate surface area is 107 Å². The first-order chi connectivity index (χ1) is 8.90. The summed E-state index contributed by atoms with van der Waals surface area (Å²) in [4.78, 5) is 0. The van der Waals surface area contributed by atoms with Crippen LogP contribution >= 0.6 is 0 Å². The third kappa shape index (κ3) is 2.98. The zero-order valence-electron chi connectivity index (χ0n) is 10.1. The molecule has 102 valence electrons. The van der Waals surface area contributed by atoms with Crippen LogP contribution in [0.15, 0.2) is 30.6 Å². The number of benzene rings is 1. The number of rotatable bonds is 3. The van der Waals surface area contributed by atoms with Gasteiger partial charge in [-0.15, -0.1) is 0 Å².